The molecule has 0 atom stereocenters. The number of ether oxygens (including phenoxy) is 1. The molecule has 0 aliphatic carbocycles. The molecule has 7 nitrogen and oxygen atoms in total. The maximum atomic E-state index is 12.5. The highest BCUT2D eigenvalue weighted by atomic mass is 16.5. The second-order valence-corrected chi connectivity index (χ2v) is 8.00. The first-order chi connectivity index (χ1) is 12.7. The summed E-state index contributed by atoms with van der Waals surface area (Å²) in [6.07, 6.45) is 3.38. The minimum Gasteiger partial charge on any atom is -0.379 e. The molecule has 0 radical (unpaired) electrons. The molecule has 3 fully saturated rings. The summed E-state index contributed by atoms with van der Waals surface area (Å²) in [5, 5.41) is 3.70. The van der Waals surface area contributed by atoms with Crippen LogP contribution in [0.3, 0.4) is 0 Å². The van der Waals surface area contributed by atoms with E-state index < -0.39 is 0 Å². The van der Waals surface area contributed by atoms with Gasteiger partial charge in [0.05, 0.1) is 19.8 Å². The number of piperazine rings is 1. The van der Waals surface area contributed by atoms with Gasteiger partial charge in [0.15, 0.2) is 0 Å². The number of nitrogens with one attached hydrogen (secondary N) is 1. The summed E-state index contributed by atoms with van der Waals surface area (Å²) in [5.74, 6) is 0.320. The Balaban J connectivity index is 1.24. The summed E-state index contributed by atoms with van der Waals surface area (Å²) < 4.78 is 5.39. The SMILES string of the molecule is CN1CCN(CC(=O)N2CCC(NCCCN3CCOCC3)CC2)CC1. The molecule has 3 saturated heterocycles. The van der Waals surface area contributed by atoms with Crippen molar-refractivity contribution in [3.63, 3.8) is 0 Å². The number of hydrogen-bond donors (Lipinski definition) is 1. The minimum atomic E-state index is 0.320. The van der Waals surface area contributed by atoms with E-state index in [4.69, 9.17) is 4.74 Å². The van der Waals surface area contributed by atoms with Crippen molar-refractivity contribution in [2.45, 2.75) is 25.3 Å². The lowest BCUT2D eigenvalue weighted by Gasteiger charge is -2.36. The number of rotatable bonds is 7. The van der Waals surface area contributed by atoms with E-state index in [0.29, 0.717) is 18.5 Å². The Morgan fingerprint density at radius 2 is 1.65 bits per heavy atom. The van der Waals surface area contributed by atoms with Crippen molar-refractivity contribution in [2.75, 3.05) is 92.3 Å². The average molecular weight is 368 g/mol. The van der Waals surface area contributed by atoms with Crippen molar-refractivity contribution in [3.8, 4) is 0 Å². The van der Waals surface area contributed by atoms with Crippen LogP contribution in [0.15, 0.2) is 0 Å². The van der Waals surface area contributed by atoms with E-state index in [-0.39, 0.29) is 0 Å². The first-order valence-corrected chi connectivity index (χ1v) is 10.4. The lowest BCUT2D eigenvalue weighted by molar-refractivity contribution is -0.133. The molecule has 7 heteroatoms. The molecule has 0 unspecified atom stereocenters. The van der Waals surface area contributed by atoms with E-state index in [0.717, 1.165) is 85.0 Å². The van der Waals surface area contributed by atoms with Gasteiger partial charge in [0.1, 0.15) is 0 Å². The van der Waals surface area contributed by atoms with Crippen LogP contribution in [0.1, 0.15) is 19.3 Å². The number of likely N-dealkylation sites (tertiary alicyclic amines) is 1. The fourth-order valence-corrected chi connectivity index (χ4v) is 4.06. The Morgan fingerprint density at radius 1 is 0.962 bits per heavy atom. The van der Waals surface area contributed by atoms with Crippen LogP contribution in [0.4, 0.5) is 0 Å². The molecular formula is C19H37N5O2. The third-order valence-electron chi connectivity index (χ3n) is 5.99. The average Bonchev–Trinajstić information content (AvgIpc) is 2.68. The first kappa shape index (κ1) is 20.0. The van der Waals surface area contributed by atoms with Gasteiger partial charge in [0.25, 0.3) is 0 Å². The van der Waals surface area contributed by atoms with E-state index >= 15 is 0 Å². The fourth-order valence-electron chi connectivity index (χ4n) is 4.06. The van der Waals surface area contributed by atoms with Gasteiger partial charge >= 0.3 is 0 Å². The normalized spacial score (nSPS) is 24.9. The highest BCUT2D eigenvalue weighted by molar-refractivity contribution is 5.78. The van der Waals surface area contributed by atoms with Gasteiger partial charge < -0.3 is 19.9 Å². The molecule has 3 aliphatic rings. The summed E-state index contributed by atoms with van der Waals surface area (Å²) >= 11 is 0. The lowest BCUT2D eigenvalue weighted by atomic mass is 10.0. The quantitative estimate of drug-likeness (QED) is 0.615. The zero-order chi connectivity index (χ0) is 18.2. The van der Waals surface area contributed by atoms with E-state index in [1.54, 1.807) is 0 Å². The Hall–Kier alpha value is -0.730. The summed E-state index contributed by atoms with van der Waals surface area (Å²) in [5.41, 5.74) is 0. The molecule has 0 aromatic rings. The smallest absolute Gasteiger partial charge is 0.236 e. The van der Waals surface area contributed by atoms with Gasteiger partial charge in [-0.05, 0) is 39.4 Å². The Bertz CT molecular complexity index is 414. The van der Waals surface area contributed by atoms with Crippen LogP contribution in [-0.2, 0) is 9.53 Å². The van der Waals surface area contributed by atoms with Crippen LogP contribution in [0.2, 0.25) is 0 Å². The van der Waals surface area contributed by atoms with Gasteiger partial charge in [-0.3, -0.25) is 14.6 Å². The second kappa shape index (κ2) is 10.6. The molecule has 0 aromatic heterocycles. The zero-order valence-electron chi connectivity index (χ0n) is 16.5. The van der Waals surface area contributed by atoms with Crippen molar-refractivity contribution in [2.24, 2.45) is 0 Å². The van der Waals surface area contributed by atoms with Gasteiger partial charge in [-0.2, -0.15) is 0 Å². The van der Waals surface area contributed by atoms with Crippen LogP contribution in [0.5, 0.6) is 0 Å². The first-order valence-electron chi connectivity index (χ1n) is 10.4. The molecular weight excluding hydrogens is 330 g/mol. The van der Waals surface area contributed by atoms with Crippen molar-refractivity contribution >= 4 is 5.91 Å². The topological polar surface area (TPSA) is 51.3 Å². The Morgan fingerprint density at radius 3 is 2.35 bits per heavy atom. The summed E-state index contributed by atoms with van der Waals surface area (Å²) in [6.45, 7) is 12.8. The Labute approximate surface area is 158 Å². The van der Waals surface area contributed by atoms with Crippen LogP contribution >= 0.6 is 0 Å². The summed E-state index contributed by atoms with van der Waals surface area (Å²) in [7, 11) is 2.15. The number of morpholine rings is 1. The van der Waals surface area contributed by atoms with Crippen LogP contribution in [0.25, 0.3) is 0 Å². The van der Waals surface area contributed by atoms with Crippen LogP contribution < -0.4 is 5.32 Å². The van der Waals surface area contributed by atoms with Gasteiger partial charge in [0, 0.05) is 58.4 Å². The highest BCUT2D eigenvalue weighted by Crippen LogP contribution is 2.11. The maximum absolute atomic E-state index is 12.5. The largest absolute Gasteiger partial charge is 0.379 e. The summed E-state index contributed by atoms with van der Waals surface area (Å²) in [6, 6.07) is 0.576. The molecule has 1 N–H and O–H groups in total. The minimum absolute atomic E-state index is 0.320. The van der Waals surface area contributed by atoms with Crippen LogP contribution in [0, 0.1) is 0 Å². The number of amides is 1. The van der Waals surface area contributed by atoms with Gasteiger partial charge in [-0.1, -0.05) is 0 Å². The number of carbonyl (C=O) groups excluding carboxylic acids is 1. The van der Waals surface area contributed by atoms with E-state index in [1.807, 2.05) is 0 Å². The molecule has 1 amide bonds. The standard InChI is InChI=1S/C19H37N5O2/c1-21-9-11-23(12-10-21)17-19(25)24-7-3-18(4-8-24)20-5-2-6-22-13-15-26-16-14-22/h18,20H,2-17H2,1H3. The molecule has 150 valence electrons. The molecule has 26 heavy (non-hydrogen) atoms. The van der Waals surface area contributed by atoms with Crippen LogP contribution in [-0.4, -0.2) is 124 Å². The molecule has 3 aliphatic heterocycles. The maximum Gasteiger partial charge on any atom is 0.236 e. The number of nitrogens with zero attached hydrogens (tertiary/aromatic N) is 4. The number of piperidine rings is 1. The molecule has 0 bridgehead atoms. The second-order valence-electron chi connectivity index (χ2n) is 8.00. The zero-order valence-corrected chi connectivity index (χ0v) is 16.5. The Kier molecular flexibility index (Phi) is 8.13. The molecule has 0 saturated carbocycles. The predicted octanol–water partition coefficient (Wildman–Crippen LogP) is -0.463. The predicted molar refractivity (Wildman–Crippen MR) is 103 cm³/mol. The van der Waals surface area contributed by atoms with E-state index in [1.165, 1.54) is 13.0 Å². The number of likely N-dealkylation sites (N-methyl/N-ethyl adjacent to an activating group) is 1. The molecule has 0 spiro atoms. The number of hydrogen-bond acceptors (Lipinski definition) is 6. The van der Waals surface area contributed by atoms with Gasteiger partial charge in [0.2, 0.25) is 5.91 Å². The van der Waals surface area contributed by atoms with E-state index in [2.05, 4.69) is 32.0 Å². The van der Waals surface area contributed by atoms with Crippen molar-refractivity contribution in [1.82, 2.24) is 24.9 Å². The lowest BCUT2D eigenvalue weighted by Crippen LogP contribution is -2.51. The third-order valence-corrected chi connectivity index (χ3v) is 5.99. The summed E-state index contributed by atoms with van der Waals surface area (Å²) in [4.78, 5) is 21.7. The monoisotopic (exact) mass is 367 g/mol. The molecule has 3 rings (SSSR count). The third kappa shape index (κ3) is 6.46. The van der Waals surface area contributed by atoms with Gasteiger partial charge in [-0.25, -0.2) is 0 Å². The van der Waals surface area contributed by atoms with Gasteiger partial charge in [-0.15, -0.1) is 0 Å². The fraction of sp³-hybridized carbons (Fsp3) is 0.947. The number of carbonyl (C=O) groups is 1. The molecule has 3 heterocycles. The highest BCUT2D eigenvalue weighted by Gasteiger charge is 2.24. The van der Waals surface area contributed by atoms with Crippen molar-refractivity contribution in [1.29, 1.82) is 0 Å². The van der Waals surface area contributed by atoms with Crippen molar-refractivity contribution in [3.05, 3.63) is 0 Å². The molecule has 0 aromatic carbocycles. The van der Waals surface area contributed by atoms with Crippen molar-refractivity contribution < 1.29 is 9.53 Å². The van der Waals surface area contributed by atoms with E-state index in [9.17, 15) is 4.79 Å².